The number of amides is 1. The average molecular weight is 348 g/mol. The maximum absolute atomic E-state index is 13.6. The van der Waals surface area contributed by atoms with Crippen LogP contribution in [0.3, 0.4) is 0 Å². The summed E-state index contributed by atoms with van der Waals surface area (Å²) in [4.78, 5) is 23.3. The van der Waals surface area contributed by atoms with Crippen molar-refractivity contribution in [3.05, 3.63) is 34.1 Å². The van der Waals surface area contributed by atoms with Crippen molar-refractivity contribution in [3.8, 4) is 0 Å². The number of halogens is 2. The second kappa shape index (κ2) is 5.50. The lowest BCUT2D eigenvalue weighted by Crippen LogP contribution is -2.54. The monoisotopic (exact) mass is 347 g/mol. The molecule has 19 heavy (non-hydrogen) atoms. The number of hydrogen-bond donors (Lipinski definition) is 2. The zero-order chi connectivity index (χ0) is 14.0. The number of rotatable bonds is 3. The molecule has 0 unspecified atom stereocenters. The molecule has 1 fully saturated rings. The Morgan fingerprint density at radius 1 is 1.47 bits per heavy atom. The summed E-state index contributed by atoms with van der Waals surface area (Å²) in [5.41, 5.74) is -1.46. The Morgan fingerprint density at radius 3 is 2.79 bits per heavy atom. The molecule has 1 aliphatic rings. The molecule has 1 atom stereocenters. The first kappa shape index (κ1) is 14.3. The molecule has 0 spiro atoms. The van der Waals surface area contributed by atoms with E-state index < -0.39 is 23.2 Å². The maximum atomic E-state index is 13.6. The summed E-state index contributed by atoms with van der Waals surface area (Å²) in [5.74, 6) is -1.51. The third-order valence-corrected chi connectivity index (χ3v) is 4.64. The Hall–Kier alpha value is -1.08. The van der Waals surface area contributed by atoms with Gasteiger partial charge >= 0.3 is 5.97 Å². The summed E-state index contributed by atoms with van der Waals surface area (Å²) in [7, 11) is 0. The second-order valence-corrected chi connectivity index (χ2v) is 6.29. The molecule has 0 aliphatic carbocycles. The fraction of sp³-hybridized carbons (Fsp3) is 0.333. The van der Waals surface area contributed by atoms with Crippen molar-refractivity contribution in [2.45, 2.75) is 12.0 Å². The number of carboxylic acid groups (broad SMARTS) is 1. The largest absolute Gasteiger partial charge is 0.479 e. The minimum atomic E-state index is -1.30. The van der Waals surface area contributed by atoms with E-state index >= 15 is 0 Å². The van der Waals surface area contributed by atoms with Crippen molar-refractivity contribution in [1.29, 1.82) is 0 Å². The van der Waals surface area contributed by atoms with Crippen molar-refractivity contribution in [1.82, 2.24) is 5.32 Å². The van der Waals surface area contributed by atoms with E-state index in [-0.39, 0.29) is 5.56 Å². The van der Waals surface area contributed by atoms with E-state index in [1.807, 2.05) is 0 Å². The molecule has 1 heterocycles. The Bertz CT molecular complexity index is 532. The Balaban J connectivity index is 2.25. The van der Waals surface area contributed by atoms with Crippen LogP contribution in [0.15, 0.2) is 22.7 Å². The predicted molar refractivity (Wildman–Crippen MR) is 73.9 cm³/mol. The van der Waals surface area contributed by atoms with Crippen molar-refractivity contribution < 1.29 is 19.1 Å². The molecular formula is C12H11BrFNO3S. The van der Waals surface area contributed by atoms with Crippen LogP contribution in [0.5, 0.6) is 0 Å². The smallest absolute Gasteiger partial charge is 0.330 e. The molecule has 0 aromatic heterocycles. The molecule has 7 heteroatoms. The van der Waals surface area contributed by atoms with Crippen LogP contribution >= 0.6 is 27.7 Å². The lowest BCUT2D eigenvalue weighted by atomic mass is 9.98. The lowest BCUT2D eigenvalue weighted by Gasteiger charge is -2.24. The van der Waals surface area contributed by atoms with Crippen LogP contribution in [0, 0.1) is 5.82 Å². The van der Waals surface area contributed by atoms with E-state index in [0.29, 0.717) is 22.4 Å². The standard InChI is InChI=1S/C12H11BrFNO3S/c13-7-1-2-9(14)8(5-7)10(16)15-12(11(17)18)3-4-19-6-12/h1-2,5H,3-4,6H2,(H,15,16)(H,17,18)/t12-/m1/s1. The fourth-order valence-corrected chi connectivity index (χ4v) is 3.53. The summed E-state index contributed by atoms with van der Waals surface area (Å²) in [6.07, 6.45) is 0.342. The molecule has 1 amide bonds. The van der Waals surface area contributed by atoms with Crippen LogP contribution in [0.4, 0.5) is 4.39 Å². The molecule has 2 N–H and O–H groups in total. The van der Waals surface area contributed by atoms with Gasteiger partial charge in [-0.1, -0.05) is 15.9 Å². The van der Waals surface area contributed by atoms with E-state index in [2.05, 4.69) is 21.2 Å². The van der Waals surface area contributed by atoms with Crippen LogP contribution in [0.1, 0.15) is 16.8 Å². The van der Waals surface area contributed by atoms with E-state index in [4.69, 9.17) is 0 Å². The Labute approximate surface area is 121 Å². The first-order chi connectivity index (χ1) is 8.94. The number of nitrogens with one attached hydrogen (secondary N) is 1. The van der Waals surface area contributed by atoms with E-state index in [1.165, 1.54) is 23.9 Å². The normalized spacial score (nSPS) is 22.2. The molecule has 0 saturated carbocycles. The molecule has 4 nitrogen and oxygen atoms in total. The third kappa shape index (κ3) is 2.92. The molecule has 1 aromatic carbocycles. The van der Waals surface area contributed by atoms with Gasteiger partial charge in [0.1, 0.15) is 11.4 Å². The lowest BCUT2D eigenvalue weighted by molar-refractivity contribution is -0.143. The summed E-state index contributed by atoms with van der Waals surface area (Å²) in [5, 5.41) is 11.7. The van der Waals surface area contributed by atoms with Gasteiger partial charge in [-0.2, -0.15) is 11.8 Å². The summed E-state index contributed by atoms with van der Waals surface area (Å²) in [6.45, 7) is 0. The number of thioether (sulfide) groups is 1. The maximum Gasteiger partial charge on any atom is 0.330 e. The molecule has 0 bridgehead atoms. The first-order valence-electron chi connectivity index (χ1n) is 5.53. The number of carboxylic acids is 1. The van der Waals surface area contributed by atoms with Gasteiger partial charge in [0.05, 0.1) is 5.56 Å². The Kier molecular flexibility index (Phi) is 4.15. The van der Waals surface area contributed by atoms with Gasteiger partial charge < -0.3 is 10.4 Å². The van der Waals surface area contributed by atoms with Crippen LogP contribution in [0.25, 0.3) is 0 Å². The third-order valence-electron chi connectivity index (χ3n) is 2.96. The number of hydrogen-bond acceptors (Lipinski definition) is 3. The summed E-state index contributed by atoms with van der Waals surface area (Å²) in [6, 6.07) is 3.97. The topological polar surface area (TPSA) is 66.4 Å². The van der Waals surface area contributed by atoms with E-state index in [1.54, 1.807) is 0 Å². The van der Waals surface area contributed by atoms with E-state index in [0.717, 1.165) is 6.07 Å². The van der Waals surface area contributed by atoms with Gasteiger partial charge in [-0.15, -0.1) is 0 Å². The number of aliphatic carboxylic acids is 1. The van der Waals surface area contributed by atoms with Gasteiger partial charge in [0.2, 0.25) is 0 Å². The molecule has 1 aliphatic heterocycles. The SMILES string of the molecule is O=C(N[C@]1(C(=O)O)CCSC1)c1cc(Br)ccc1F. The fourth-order valence-electron chi connectivity index (χ4n) is 1.84. The predicted octanol–water partition coefficient (Wildman–Crippen LogP) is 2.28. The minimum Gasteiger partial charge on any atom is -0.479 e. The highest BCUT2D eigenvalue weighted by Gasteiger charge is 2.43. The van der Waals surface area contributed by atoms with Crippen LogP contribution in [0.2, 0.25) is 0 Å². The van der Waals surface area contributed by atoms with Crippen LogP contribution < -0.4 is 5.32 Å². The summed E-state index contributed by atoms with van der Waals surface area (Å²) < 4.78 is 14.1. The highest BCUT2D eigenvalue weighted by molar-refractivity contribution is 9.10. The van der Waals surface area contributed by atoms with Gasteiger partial charge in [-0.05, 0) is 30.4 Å². The highest BCUT2D eigenvalue weighted by atomic mass is 79.9. The minimum absolute atomic E-state index is 0.160. The number of carbonyl (C=O) groups excluding carboxylic acids is 1. The van der Waals surface area contributed by atoms with Crippen molar-refractivity contribution >= 4 is 39.6 Å². The molecule has 2 rings (SSSR count). The second-order valence-electron chi connectivity index (χ2n) is 4.27. The highest BCUT2D eigenvalue weighted by Crippen LogP contribution is 2.29. The zero-order valence-corrected chi connectivity index (χ0v) is 12.2. The van der Waals surface area contributed by atoms with Gasteiger partial charge in [0.25, 0.3) is 5.91 Å². The number of benzene rings is 1. The van der Waals surface area contributed by atoms with Crippen LogP contribution in [-0.4, -0.2) is 34.0 Å². The average Bonchev–Trinajstić information content (AvgIpc) is 2.82. The van der Waals surface area contributed by atoms with Gasteiger partial charge in [-0.25, -0.2) is 9.18 Å². The molecular weight excluding hydrogens is 337 g/mol. The zero-order valence-electron chi connectivity index (χ0n) is 9.78. The quantitative estimate of drug-likeness (QED) is 0.880. The van der Waals surface area contributed by atoms with Crippen LogP contribution in [-0.2, 0) is 4.79 Å². The van der Waals surface area contributed by atoms with Gasteiger partial charge in [0, 0.05) is 10.2 Å². The molecule has 0 radical (unpaired) electrons. The van der Waals surface area contributed by atoms with Gasteiger partial charge in [-0.3, -0.25) is 4.79 Å². The van der Waals surface area contributed by atoms with E-state index in [9.17, 15) is 19.1 Å². The number of carbonyl (C=O) groups is 2. The summed E-state index contributed by atoms with van der Waals surface area (Å²) >= 11 is 4.61. The van der Waals surface area contributed by atoms with Crippen molar-refractivity contribution in [2.24, 2.45) is 0 Å². The van der Waals surface area contributed by atoms with Gasteiger partial charge in [0.15, 0.2) is 0 Å². The van der Waals surface area contributed by atoms with Crippen molar-refractivity contribution in [2.75, 3.05) is 11.5 Å². The molecule has 1 aromatic rings. The molecule has 102 valence electrons. The first-order valence-corrected chi connectivity index (χ1v) is 7.48. The molecule has 1 saturated heterocycles. The Morgan fingerprint density at radius 2 is 2.21 bits per heavy atom. The van der Waals surface area contributed by atoms with Crippen molar-refractivity contribution in [3.63, 3.8) is 0 Å².